The van der Waals surface area contributed by atoms with E-state index in [1.165, 1.54) is 0 Å². The fourth-order valence-corrected chi connectivity index (χ4v) is 3.41. The van der Waals surface area contributed by atoms with Crippen LogP contribution in [0.25, 0.3) is 0 Å². The molecule has 0 aromatic carbocycles. The molecule has 0 saturated carbocycles. The number of nitrogens with zero attached hydrogens (tertiary/aromatic N) is 1. The SMILES string of the molecule is CCC1(CC)CC(N2C(=O)C(C)NC2C)CCO1. The Kier molecular flexibility index (Phi) is 3.97. The first-order valence-corrected chi connectivity index (χ1v) is 7.25. The Labute approximate surface area is 110 Å². The molecule has 4 heteroatoms. The molecule has 3 unspecified atom stereocenters. The predicted molar refractivity (Wildman–Crippen MR) is 71.2 cm³/mol. The standard InChI is InChI=1S/C14H26N2O2/c1-5-14(6-2)9-12(7-8-18-14)16-11(4)15-10(3)13(16)17/h10-12,15H,5-9H2,1-4H3. The molecule has 0 aromatic rings. The fourth-order valence-electron chi connectivity index (χ4n) is 3.41. The van der Waals surface area contributed by atoms with E-state index in [0.29, 0.717) is 6.04 Å². The number of ether oxygens (including phenoxy) is 1. The highest BCUT2D eigenvalue weighted by molar-refractivity contribution is 5.84. The van der Waals surface area contributed by atoms with E-state index in [-0.39, 0.29) is 23.7 Å². The van der Waals surface area contributed by atoms with Crippen molar-refractivity contribution in [1.29, 1.82) is 0 Å². The number of hydrogen-bond donors (Lipinski definition) is 1. The second-order valence-corrected chi connectivity index (χ2v) is 5.70. The number of rotatable bonds is 3. The van der Waals surface area contributed by atoms with E-state index in [4.69, 9.17) is 4.74 Å². The van der Waals surface area contributed by atoms with Gasteiger partial charge in [-0.2, -0.15) is 0 Å². The summed E-state index contributed by atoms with van der Waals surface area (Å²) in [6.07, 6.45) is 4.15. The van der Waals surface area contributed by atoms with Crippen LogP contribution >= 0.6 is 0 Å². The van der Waals surface area contributed by atoms with E-state index < -0.39 is 0 Å². The third kappa shape index (κ3) is 2.28. The van der Waals surface area contributed by atoms with Gasteiger partial charge in [0.2, 0.25) is 5.91 Å². The zero-order valence-corrected chi connectivity index (χ0v) is 12.0. The van der Waals surface area contributed by atoms with Crippen molar-refractivity contribution in [3.63, 3.8) is 0 Å². The number of carbonyl (C=O) groups is 1. The molecule has 4 nitrogen and oxygen atoms in total. The molecule has 2 aliphatic heterocycles. The average molecular weight is 254 g/mol. The van der Waals surface area contributed by atoms with E-state index in [2.05, 4.69) is 26.1 Å². The maximum atomic E-state index is 12.2. The van der Waals surface area contributed by atoms with E-state index in [9.17, 15) is 4.79 Å². The molecule has 0 aromatic heterocycles. The fraction of sp³-hybridized carbons (Fsp3) is 0.929. The molecular formula is C14H26N2O2. The summed E-state index contributed by atoms with van der Waals surface area (Å²) in [4.78, 5) is 14.3. The van der Waals surface area contributed by atoms with E-state index >= 15 is 0 Å². The average Bonchev–Trinajstić information content (AvgIpc) is 2.63. The molecule has 0 spiro atoms. The van der Waals surface area contributed by atoms with Crippen molar-refractivity contribution in [2.45, 2.75) is 77.2 Å². The van der Waals surface area contributed by atoms with Gasteiger partial charge in [-0.3, -0.25) is 10.1 Å². The normalized spacial score (nSPS) is 36.1. The topological polar surface area (TPSA) is 41.6 Å². The van der Waals surface area contributed by atoms with Crippen LogP contribution in [0.3, 0.4) is 0 Å². The molecule has 3 atom stereocenters. The molecule has 2 saturated heterocycles. The number of amides is 1. The maximum Gasteiger partial charge on any atom is 0.240 e. The first-order chi connectivity index (χ1) is 8.53. The molecule has 104 valence electrons. The van der Waals surface area contributed by atoms with Crippen LogP contribution in [0.1, 0.15) is 53.4 Å². The van der Waals surface area contributed by atoms with Gasteiger partial charge in [0.05, 0.1) is 17.8 Å². The molecule has 2 rings (SSSR count). The Hall–Kier alpha value is -0.610. The largest absolute Gasteiger partial charge is 0.375 e. The van der Waals surface area contributed by atoms with E-state index in [1.807, 2.05) is 11.8 Å². The molecule has 2 fully saturated rings. The summed E-state index contributed by atoms with van der Waals surface area (Å²) < 4.78 is 5.99. The number of nitrogens with one attached hydrogen (secondary N) is 1. The maximum absolute atomic E-state index is 12.2. The van der Waals surface area contributed by atoms with Crippen LogP contribution < -0.4 is 5.32 Å². The molecule has 1 amide bonds. The van der Waals surface area contributed by atoms with Gasteiger partial charge in [-0.15, -0.1) is 0 Å². The highest BCUT2D eigenvalue weighted by Crippen LogP contribution is 2.35. The minimum Gasteiger partial charge on any atom is -0.375 e. The van der Waals surface area contributed by atoms with Crippen molar-refractivity contribution in [2.75, 3.05) is 6.61 Å². The first-order valence-electron chi connectivity index (χ1n) is 7.25. The monoisotopic (exact) mass is 254 g/mol. The van der Waals surface area contributed by atoms with Crippen molar-refractivity contribution in [2.24, 2.45) is 0 Å². The minimum atomic E-state index is -0.0412. The van der Waals surface area contributed by atoms with Gasteiger partial charge in [0.15, 0.2) is 0 Å². The van der Waals surface area contributed by atoms with Crippen LogP contribution in [0.2, 0.25) is 0 Å². The van der Waals surface area contributed by atoms with Crippen molar-refractivity contribution in [3.8, 4) is 0 Å². The van der Waals surface area contributed by atoms with Crippen LogP contribution in [0.5, 0.6) is 0 Å². The van der Waals surface area contributed by atoms with Gasteiger partial charge < -0.3 is 9.64 Å². The van der Waals surface area contributed by atoms with Gasteiger partial charge in [-0.1, -0.05) is 13.8 Å². The lowest BCUT2D eigenvalue weighted by atomic mass is 9.85. The first kappa shape index (κ1) is 13.8. The summed E-state index contributed by atoms with van der Waals surface area (Å²) in [7, 11) is 0. The lowest BCUT2D eigenvalue weighted by molar-refractivity contribution is -0.142. The highest BCUT2D eigenvalue weighted by atomic mass is 16.5. The molecule has 0 aliphatic carbocycles. The van der Waals surface area contributed by atoms with Gasteiger partial charge in [0.1, 0.15) is 0 Å². The Bertz CT molecular complexity index is 315. The summed E-state index contributed by atoms with van der Waals surface area (Å²) in [5, 5.41) is 3.31. The Morgan fingerprint density at radius 2 is 2.06 bits per heavy atom. The van der Waals surface area contributed by atoms with Gasteiger partial charge in [-0.25, -0.2) is 0 Å². The van der Waals surface area contributed by atoms with Gasteiger partial charge in [0, 0.05) is 12.6 Å². The van der Waals surface area contributed by atoms with Crippen LogP contribution in [0.4, 0.5) is 0 Å². The summed E-state index contributed by atoms with van der Waals surface area (Å²) in [6.45, 7) is 9.17. The van der Waals surface area contributed by atoms with Crippen LogP contribution in [-0.2, 0) is 9.53 Å². The molecular weight excluding hydrogens is 228 g/mol. The minimum absolute atomic E-state index is 0.0191. The molecule has 1 N–H and O–H groups in total. The second kappa shape index (κ2) is 5.17. The smallest absolute Gasteiger partial charge is 0.240 e. The van der Waals surface area contributed by atoms with E-state index in [1.54, 1.807) is 0 Å². The lowest BCUT2D eigenvalue weighted by Crippen LogP contribution is -2.51. The van der Waals surface area contributed by atoms with Crippen LogP contribution in [0, 0.1) is 0 Å². The summed E-state index contributed by atoms with van der Waals surface area (Å²) in [5.74, 6) is 0.246. The molecule has 2 aliphatic rings. The molecule has 18 heavy (non-hydrogen) atoms. The van der Waals surface area contributed by atoms with Crippen LogP contribution in [-0.4, -0.2) is 41.3 Å². The third-order valence-electron chi connectivity index (χ3n) is 4.68. The number of hydrogen-bond acceptors (Lipinski definition) is 3. The zero-order chi connectivity index (χ0) is 13.3. The molecule has 0 radical (unpaired) electrons. The molecule has 0 bridgehead atoms. The van der Waals surface area contributed by atoms with Crippen molar-refractivity contribution in [1.82, 2.24) is 10.2 Å². The highest BCUT2D eigenvalue weighted by Gasteiger charge is 2.43. The molecule has 2 heterocycles. The second-order valence-electron chi connectivity index (χ2n) is 5.70. The Morgan fingerprint density at radius 1 is 1.39 bits per heavy atom. The Morgan fingerprint density at radius 3 is 2.56 bits per heavy atom. The van der Waals surface area contributed by atoms with Crippen molar-refractivity contribution >= 4 is 5.91 Å². The van der Waals surface area contributed by atoms with Gasteiger partial charge in [-0.05, 0) is 39.5 Å². The zero-order valence-electron chi connectivity index (χ0n) is 12.0. The van der Waals surface area contributed by atoms with E-state index in [0.717, 1.165) is 32.3 Å². The van der Waals surface area contributed by atoms with Crippen LogP contribution in [0.15, 0.2) is 0 Å². The quantitative estimate of drug-likeness (QED) is 0.836. The third-order valence-corrected chi connectivity index (χ3v) is 4.68. The van der Waals surface area contributed by atoms with Crippen molar-refractivity contribution in [3.05, 3.63) is 0 Å². The summed E-state index contributed by atoms with van der Waals surface area (Å²) in [6, 6.07) is 0.291. The van der Waals surface area contributed by atoms with Crippen molar-refractivity contribution < 1.29 is 9.53 Å². The lowest BCUT2D eigenvalue weighted by Gasteiger charge is -2.44. The summed E-state index contributed by atoms with van der Waals surface area (Å²) >= 11 is 0. The van der Waals surface area contributed by atoms with Gasteiger partial charge >= 0.3 is 0 Å². The Balaban J connectivity index is 2.11. The summed E-state index contributed by atoms with van der Waals surface area (Å²) in [5.41, 5.74) is -0.0191. The predicted octanol–water partition coefficient (Wildman–Crippen LogP) is 1.89. The van der Waals surface area contributed by atoms with Gasteiger partial charge in [0.25, 0.3) is 0 Å². The number of carbonyl (C=O) groups excluding carboxylic acids is 1.